The Kier molecular flexibility index (Phi) is 7.25. The van der Waals surface area contributed by atoms with Crippen LogP contribution in [0.25, 0.3) is 0 Å². The van der Waals surface area contributed by atoms with Crippen LogP contribution in [0.3, 0.4) is 0 Å². The van der Waals surface area contributed by atoms with Gasteiger partial charge in [0.15, 0.2) is 0 Å². The summed E-state index contributed by atoms with van der Waals surface area (Å²) in [5, 5.41) is 2.50. The van der Waals surface area contributed by atoms with Crippen LogP contribution in [0.1, 0.15) is 72.1 Å². The predicted molar refractivity (Wildman–Crippen MR) is 103 cm³/mol. The minimum Gasteiger partial charge on any atom is -0.441 e. The number of carbonyl (C=O) groups excluding carboxylic acids is 2. The van der Waals surface area contributed by atoms with Crippen LogP contribution in [-0.2, 0) is 16.0 Å². The van der Waals surface area contributed by atoms with Gasteiger partial charge in [-0.05, 0) is 50.5 Å². The Morgan fingerprint density at radius 2 is 1.73 bits per heavy atom. The number of nitrogens with one attached hydrogen (secondary N) is 1. The van der Waals surface area contributed by atoms with Gasteiger partial charge in [0, 0.05) is 12.5 Å². The van der Waals surface area contributed by atoms with Crippen LogP contribution in [0.2, 0.25) is 0 Å². The number of alkyl carbamates (subject to hydrolysis) is 1. The molecule has 0 radical (unpaired) electrons. The van der Waals surface area contributed by atoms with Crippen LogP contribution < -0.4 is 10.1 Å². The Morgan fingerprint density at radius 1 is 1.12 bits per heavy atom. The largest absolute Gasteiger partial charge is 0.441 e. The number of benzene rings is 1. The van der Waals surface area contributed by atoms with E-state index in [9.17, 15) is 9.59 Å². The molecule has 0 aromatic heterocycles. The van der Waals surface area contributed by atoms with Gasteiger partial charge in [-0.1, -0.05) is 40.2 Å². The maximum absolute atomic E-state index is 12.3. The summed E-state index contributed by atoms with van der Waals surface area (Å²) in [4.78, 5) is 24.0. The van der Waals surface area contributed by atoms with Crippen molar-refractivity contribution in [1.82, 2.24) is 5.32 Å². The second-order valence-electron chi connectivity index (χ2n) is 8.66. The molecule has 5 heteroatoms. The van der Waals surface area contributed by atoms with Crippen LogP contribution in [0.5, 0.6) is 5.75 Å². The zero-order chi connectivity index (χ0) is 20.1. The van der Waals surface area contributed by atoms with Crippen molar-refractivity contribution in [3.05, 3.63) is 29.3 Å². The minimum absolute atomic E-state index is 0.267. The van der Waals surface area contributed by atoms with Crippen molar-refractivity contribution in [2.24, 2.45) is 10.8 Å². The highest BCUT2D eigenvalue weighted by Gasteiger charge is 2.31. The van der Waals surface area contributed by atoms with Crippen LogP contribution in [0.4, 0.5) is 4.79 Å². The highest BCUT2D eigenvalue weighted by Crippen LogP contribution is 2.38. The third-order valence-corrected chi connectivity index (χ3v) is 3.94. The first-order valence-corrected chi connectivity index (χ1v) is 9.13. The lowest BCUT2D eigenvalue weighted by atomic mass is 9.84. The van der Waals surface area contributed by atoms with E-state index in [2.05, 4.69) is 12.2 Å². The maximum atomic E-state index is 12.3. The first-order valence-electron chi connectivity index (χ1n) is 9.13. The number of carbonyl (C=O) groups is 2. The monoisotopic (exact) mass is 363 g/mol. The summed E-state index contributed by atoms with van der Waals surface area (Å²) in [5.41, 5.74) is 0.982. The first kappa shape index (κ1) is 22.0. The van der Waals surface area contributed by atoms with E-state index >= 15 is 0 Å². The van der Waals surface area contributed by atoms with Gasteiger partial charge in [-0.2, -0.15) is 0 Å². The average Bonchev–Trinajstić information content (AvgIpc) is 2.52. The fraction of sp³-hybridized carbons (Fsp3) is 0.619. The van der Waals surface area contributed by atoms with E-state index in [1.807, 2.05) is 53.7 Å². The van der Waals surface area contributed by atoms with E-state index in [0.717, 1.165) is 24.0 Å². The molecule has 0 aliphatic heterocycles. The highest BCUT2D eigenvalue weighted by atomic mass is 16.6. The summed E-state index contributed by atoms with van der Waals surface area (Å²) >= 11 is 0. The van der Waals surface area contributed by atoms with Gasteiger partial charge in [-0.3, -0.25) is 4.79 Å². The summed E-state index contributed by atoms with van der Waals surface area (Å²) in [6.07, 6.45) is 0.813. The molecule has 0 saturated heterocycles. The molecule has 0 aliphatic carbocycles. The zero-order valence-electron chi connectivity index (χ0n) is 17.4. The summed E-state index contributed by atoms with van der Waals surface area (Å²) in [6.45, 7) is 13.6. The van der Waals surface area contributed by atoms with E-state index < -0.39 is 17.6 Å². The molecule has 0 spiro atoms. The molecule has 0 heterocycles. The number of esters is 1. The number of hydrogen-bond donors (Lipinski definition) is 1. The van der Waals surface area contributed by atoms with Crippen molar-refractivity contribution in [1.29, 1.82) is 0 Å². The first-order chi connectivity index (χ1) is 11.9. The molecule has 1 rings (SSSR count). The SMILES string of the molecule is CCCc1cc(C(OC(=O)NC)C(C)(C)C)ccc1OC(=O)C(C)(C)C. The van der Waals surface area contributed by atoms with Gasteiger partial charge in [0.25, 0.3) is 0 Å². The Labute approximate surface area is 157 Å². The zero-order valence-corrected chi connectivity index (χ0v) is 17.4. The lowest BCUT2D eigenvalue weighted by Gasteiger charge is -2.31. The van der Waals surface area contributed by atoms with Gasteiger partial charge >= 0.3 is 12.1 Å². The predicted octanol–water partition coefficient (Wildman–Crippen LogP) is 5.03. The maximum Gasteiger partial charge on any atom is 0.407 e. The lowest BCUT2D eigenvalue weighted by Crippen LogP contribution is -2.29. The van der Waals surface area contributed by atoms with Gasteiger partial charge in [-0.25, -0.2) is 4.79 Å². The third-order valence-electron chi connectivity index (χ3n) is 3.94. The fourth-order valence-corrected chi connectivity index (χ4v) is 2.49. The van der Waals surface area contributed by atoms with Crippen molar-refractivity contribution >= 4 is 12.1 Å². The molecular formula is C21H33NO4. The van der Waals surface area contributed by atoms with Gasteiger partial charge in [-0.15, -0.1) is 0 Å². The van der Waals surface area contributed by atoms with Gasteiger partial charge in [0.1, 0.15) is 11.9 Å². The third kappa shape index (κ3) is 6.04. The smallest absolute Gasteiger partial charge is 0.407 e. The number of amides is 1. The second-order valence-corrected chi connectivity index (χ2v) is 8.66. The molecule has 1 atom stereocenters. The van der Waals surface area contributed by atoms with Crippen molar-refractivity contribution in [3.8, 4) is 5.75 Å². The Bertz CT molecular complexity index is 638. The molecule has 0 saturated carbocycles. The fourth-order valence-electron chi connectivity index (χ4n) is 2.49. The molecule has 1 aromatic rings. The van der Waals surface area contributed by atoms with Crippen molar-refractivity contribution in [2.45, 2.75) is 67.4 Å². The molecule has 1 unspecified atom stereocenters. The molecule has 0 aliphatic rings. The molecule has 1 aromatic carbocycles. The van der Waals surface area contributed by atoms with E-state index in [-0.39, 0.29) is 11.4 Å². The molecule has 5 nitrogen and oxygen atoms in total. The number of aryl methyl sites for hydroxylation is 1. The summed E-state index contributed by atoms with van der Waals surface area (Å²) in [5.74, 6) is 0.305. The van der Waals surface area contributed by atoms with Crippen molar-refractivity contribution in [2.75, 3.05) is 7.05 Å². The van der Waals surface area contributed by atoms with Crippen LogP contribution in [-0.4, -0.2) is 19.1 Å². The normalized spacial score (nSPS) is 13.1. The molecule has 1 N–H and O–H groups in total. The number of hydrogen-bond acceptors (Lipinski definition) is 4. The van der Waals surface area contributed by atoms with E-state index in [0.29, 0.717) is 5.75 Å². The van der Waals surface area contributed by atoms with E-state index in [4.69, 9.17) is 9.47 Å². The quantitative estimate of drug-likeness (QED) is 0.588. The van der Waals surface area contributed by atoms with Crippen molar-refractivity contribution < 1.29 is 19.1 Å². The Morgan fingerprint density at radius 3 is 2.19 bits per heavy atom. The molecule has 146 valence electrons. The van der Waals surface area contributed by atoms with Crippen molar-refractivity contribution in [3.63, 3.8) is 0 Å². The Hall–Kier alpha value is -2.04. The number of ether oxygens (including phenoxy) is 2. The summed E-state index contributed by atoms with van der Waals surface area (Å²) in [7, 11) is 1.54. The van der Waals surface area contributed by atoms with Gasteiger partial charge < -0.3 is 14.8 Å². The Balaban J connectivity index is 3.26. The minimum atomic E-state index is -0.571. The summed E-state index contributed by atoms with van der Waals surface area (Å²) < 4.78 is 11.2. The topological polar surface area (TPSA) is 64.6 Å². The second kappa shape index (κ2) is 8.56. The lowest BCUT2D eigenvalue weighted by molar-refractivity contribution is -0.143. The number of rotatable bonds is 5. The molecule has 26 heavy (non-hydrogen) atoms. The molecule has 0 bridgehead atoms. The summed E-state index contributed by atoms with van der Waals surface area (Å²) in [6, 6.07) is 5.65. The molecule has 1 amide bonds. The average molecular weight is 363 g/mol. The standard InChI is InChI=1S/C21H33NO4/c1-9-10-14-13-15(17(20(2,3)4)26-19(24)22-8)11-12-16(14)25-18(23)21(5,6)7/h11-13,17H,9-10H2,1-8H3,(H,22,24). The van der Waals surface area contributed by atoms with Gasteiger partial charge in [0.05, 0.1) is 5.41 Å². The highest BCUT2D eigenvalue weighted by molar-refractivity contribution is 5.78. The molecule has 0 fully saturated rings. The molecular weight excluding hydrogens is 330 g/mol. The van der Waals surface area contributed by atoms with E-state index in [1.54, 1.807) is 13.1 Å². The van der Waals surface area contributed by atoms with E-state index in [1.165, 1.54) is 0 Å². The van der Waals surface area contributed by atoms with Crippen LogP contribution >= 0.6 is 0 Å². The van der Waals surface area contributed by atoms with Crippen LogP contribution in [0, 0.1) is 10.8 Å². The van der Waals surface area contributed by atoms with Crippen LogP contribution in [0.15, 0.2) is 18.2 Å². The van der Waals surface area contributed by atoms with Gasteiger partial charge in [0.2, 0.25) is 0 Å².